The van der Waals surface area contributed by atoms with Crippen LogP contribution in [-0.2, 0) is 16.4 Å². The van der Waals surface area contributed by atoms with Crippen LogP contribution in [0.15, 0.2) is 41.8 Å². The van der Waals surface area contributed by atoms with Crippen LogP contribution in [0, 0.1) is 0 Å². The van der Waals surface area contributed by atoms with Crippen LogP contribution in [-0.4, -0.2) is 49.7 Å². The minimum absolute atomic E-state index is 0.0194. The zero-order chi connectivity index (χ0) is 17.9. The molecular formula is C17H18N2O4S2. The van der Waals surface area contributed by atoms with E-state index in [4.69, 9.17) is 0 Å². The van der Waals surface area contributed by atoms with Gasteiger partial charge in [-0.1, -0.05) is 18.2 Å². The second-order valence-electron chi connectivity index (χ2n) is 5.80. The van der Waals surface area contributed by atoms with Crippen LogP contribution in [0.25, 0.3) is 0 Å². The first-order valence-electron chi connectivity index (χ1n) is 7.85. The van der Waals surface area contributed by atoms with Crippen LogP contribution < -0.4 is 5.32 Å². The number of hydrogen-bond acceptors (Lipinski definition) is 5. The van der Waals surface area contributed by atoms with Crippen LogP contribution in [0.3, 0.4) is 0 Å². The minimum atomic E-state index is -3.01. The zero-order valence-corrected chi connectivity index (χ0v) is 15.1. The average molecular weight is 378 g/mol. The molecule has 1 aromatic carbocycles. The molecule has 1 fully saturated rings. The van der Waals surface area contributed by atoms with Gasteiger partial charge < -0.3 is 10.2 Å². The molecule has 1 aromatic heterocycles. The van der Waals surface area contributed by atoms with E-state index in [1.165, 1.54) is 11.3 Å². The van der Waals surface area contributed by atoms with E-state index in [1.807, 2.05) is 11.4 Å². The number of amides is 2. The van der Waals surface area contributed by atoms with Gasteiger partial charge in [0.1, 0.15) is 0 Å². The van der Waals surface area contributed by atoms with Gasteiger partial charge in [-0.05, 0) is 29.1 Å². The van der Waals surface area contributed by atoms with Crippen molar-refractivity contribution in [2.75, 3.05) is 24.6 Å². The smallest absolute Gasteiger partial charge is 0.261 e. The van der Waals surface area contributed by atoms with E-state index in [9.17, 15) is 18.0 Å². The highest BCUT2D eigenvalue weighted by atomic mass is 32.2. The summed E-state index contributed by atoms with van der Waals surface area (Å²) in [7, 11) is -3.01. The van der Waals surface area contributed by atoms with Crippen molar-refractivity contribution in [3.8, 4) is 0 Å². The Hall–Kier alpha value is -2.19. The van der Waals surface area contributed by atoms with Gasteiger partial charge in [0, 0.05) is 25.2 Å². The van der Waals surface area contributed by atoms with Crippen LogP contribution >= 0.6 is 11.3 Å². The molecular weight excluding hydrogens is 360 g/mol. The SMILES string of the molecule is O=C(NCc1ccc(C(=O)N2CCS(=O)(=O)CC2)cc1)c1cccs1. The maximum Gasteiger partial charge on any atom is 0.261 e. The molecule has 25 heavy (non-hydrogen) atoms. The van der Waals surface area contributed by atoms with Crippen molar-refractivity contribution in [2.24, 2.45) is 0 Å². The monoisotopic (exact) mass is 378 g/mol. The third-order valence-corrected chi connectivity index (χ3v) is 6.51. The van der Waals surface area contributed by atoms with Gasteiger partial charge in [-0.25, -0.2) is 8.42 Å². The Bertz CT molecular complexity index is 845. The minimum Gasteiger partial charge on any atom is -0.347 e. The molecule has 8 heteroatoms. The largest absolute Gasteiger partial charge is 0.347 e. The summed E-state index contributed by atoms with van der Waals surface area (Å²) in [6.45, 7) is 0.854. The van der Waals surface area contributed by atoms with Crippen LogP contribution in [0.2, 0.25) is 0 Å². The number of nitrogens with zero attached hydrogens (tertiary/aromatic N) is 1. The standard InChI is InChI=1S/C17H18N2O4S2/c20-16(15-2-1-9-24-15)18-12-13-3-5-14(6-4-13)17(21)19-7-10-25(22,23)11-8-19/h1-6,9H,7-8,10-12H2,(H,18,20). The molecule has 1 aliphatic heterocycles. The Kier molecular flexibility index (Phi) is 5.19. The molecule has 0 unspecified atom stereocenters. The third kappa shape index (κ3) is 4.46. The topological polar surface area (TPSA) is 83.6 Å². The highest BCUT2D eigenvalue weighted by Gasteiger charge is 2.25. The molecule has 2 heterocycles. The number of carbonyl (C=O) groups is 2. The van der Waals surface area contributed by atoms with Crippen molar-refractivity contribution in [3.63, 3.8) is 0 Å². The lowest BCUT2D eigenvalue weighted by atomic mass is 10.1. The van der Waals surface area contributed by atoms with Gasteiger partial charge in [-0.3, -0.25) is 9.59 Å². The van der Waals surface area contributed by atoms with Crippen molar-refractivity contribution >= 4 is 33.0 Å². The predicted molar refractivity (Wildman–Crippen MR) is 96.5 cm³/mol. The van der Waals surface area contributed by atoms with Gasteiger partial charge in [0.2, 0.25) is 0 Å². The molecule has 1 aliphatic rings. The number of benzene rings is 1. The van der Waals surface area contributed by atoms with Gasteiger partial charge in [0.05, 0.1) is 16.4 Å². The van der Waals surface area contributed by atoms with Crippen molar-refractivity contribution < 1.29 is 18.0 Å². The van der Waals surface area contributed by atoms with Crippen molar-refractivity contribution in [1.29, 1.82) is 0 Å². The van der Waals surface area contributed by atoms with E-state index in [2.05, 4.69) is 5.32 Å². The molecule has 0 aliphatic carbocycles. The van der Waals surface area contributed by atoms with Gasteiger partial charge in [0.15, 0.2) is 9.84 Å². The fourth-order valence-electron chi connectivity index (χ4n) is 2.54. The number of sulfone groups is 1. The van der Waals surface area contributed by atoms with Gasteiger partial charge in [-0.15, -0.1) is 11.3 Å². The van der Waals surface area contributed by atoms with Crippen molar-refractivity contribution in [3.05, 3.63) is 57.8 Å². The Morgan fingerprint density at radius 1 is 1.08 bits per heavy atom. The fourth-order valence-corrected chi connectivity index (χ4v) is 4.38. The molecule has 2 aromatic rings. The lowest BCUT2D eigenvalue weighted by Gasteiger charge is -2.26. The Morgan fingerprint density at radius 2 is 1.76 bits per heavy atom. The van der Waals surface area contributed by atoms with E-state index in [0.29, 0.717) is 17.0 Å². The molecule has 0 bridgehead atoms. The second kappa shape index (κ2) is 7.37. The maximum atomic E-state index is 12.4. The van der Waals surface area contributed by atoms with E-state index in [1.54, 1.807) is 35.2 Å². The van der Waals surface area contributed by atoms with Gasteiger partial charge in [-0.2, -0.15) is 0 Å². The average Bonchev–Trinajstić information content (AvgIpc) is 3.14. The highest BCUT2D eigenvalue weighted by molar-refractivity contribution is 7.91. The number of hydrogen-bond donors (Lipinski definition) is 1. The summed E-state index contributed by atoms with van der Waals surface area (Å²) in [6.07, 6.45) is 0. The van der Waals surface area contributed by atoms with Crippen molar-refractivity contribution in [2.45, 2.75) is 6.54 Å². The molecule has 2 amide bonds. The number of thiophene rings is 1. The molecule has 1 saturated heterocycles. The third-order valence-electron chi connectivity index (χ3n) is 4.03. The summed E-state index contributed by atoms with van der Waals surface area (Å²) in [5.74, 6) is -0.245. The highest BCUT2D eigenvalue weighted by Crippen LogP contribution is 2.12. The molecule has 0 atom stereocenters. The van der Waals surface area contributed by atoms with Crippen LogP contribution in [0.4, 0.5) is 0 Å². The summed E-state index contributed by atoms with van der Waals surface area (Å²) in [4.78, 5) is 26.5. The number of nitrogens with one attached hydrogen (secondary N) is 1. The van der Waals surface area contributed by atoms with Gasteiger partial charge >= 0.3 is 0 Å². The van der Waals surface area contributed by atoms with Crippen molar-refractivity contribution in [1.82, 2.24) is 10.2 Å². The summed E-state index contributed by atoms with van der Waals surface area (Å²) >= 11 is 1.38. The Labute approximate surface area is 150 Å². The summed E-state index contributed by atoms with van der Waals surface area (Å²) < 4.78 is 22.9. The second-order valence-corrected chi connectivity index (χ2v) is 9.05. The normalized spacial score (nSPS) is 16.4. The zero-order valence-electron chi connectivity index (χ0n) is 13.5. The lowest BCUT2D eigenvalue weighted by Crippen LogP contribution is -2.43. The molecule has 0 saturated carbocycles. The Morgan fingerprint density at radius 3 is 2.36 bits per heavy atom. The summed E-state index contributed by atoms with van der Waals surface area (Å²) in [5.41, 5.74) is 1.41. The number of carbonyl (C=O) groups excluding carboxylic acids is 2. The molecule has 6 nitrogen and oxygen atoms in total. The first kappa shape index (κ1) is 17.6. The predicted octanol–water partition coefficient (Wildman–Crippen LogP) is 1.55. The first-order valence-corrected chi connectivity index (χ1v) is 10.5. The molecule has 1 N–H and O–H groups in total. The Balaban J connectivity index is 1.56. The maximum absolute atomic E-state index is 12.4. The molecule has 132 valence electrons. The summed E-state index contributed by atoms with van der Waals surface area (Å²) in [6, 6.07) is 10.6. The molecule has 0 spiro atoms. The molecule has 0 radical (unpaired) electrons. The quantitative estimate of drug-likeness (QED) is 0.875. The van der Waals surface area contributed by atoms with E-state index >= 15 is 0 Å². The van der Waals surface area contributed by atoms with E-state index in [-0.39, 0.29) is 36.4 Å². The molecule has 3 rings (SSSR count). The number of rotatable bonds is 4. The van der Waals surface area contributed by atoms with Gasteiger partial charge in [0.25, 0.3) is 11.8 Å². The van der Waals surface area contributed by atoms with E-state index < -0.39 is 9.84 Å². The van der Waals surface area contributed by atoms with Crippen LogP contribution in [0.5, 0.6) is 0 Å². The fraction of sp³-hybridized carbons (Fsp3) is 0.294. The van der Waals surface area contributed by atoms with E-state index in [0.717, 1.165) is 5.56 Å². The summed E-state index contributed by atoms with van der Waals surface area (Å²) in [5, 5.41) is 4.68. The first-order chi connectivity index (χ1) is 11.9. The lowest BCUT2D eigenvalue weighted by molar-refractivity contribution is 0.0770. The van der Waals surface area contributed by atoms with Crippen LogP contribution in [0.1, 0.15) is 25.6 Å².